The number of hydrogen-bond donors (Lipinski definition) is 1. The lowest BCUT2D eigenvalue weighted by atomic mass is 9.73. The van der Waals surface area contributed by atoms with Crippen LogP contribution in [0.5, 0.6) is 0 Å². The minimum atomic E-state index is -0.356. The zero-order valence-corrected chi connectivity index (χ0v) is 22.9. The van der Waals surface area contributed by atoms with Crippen LogP contribution in [0.3, 0.4) is 0 Å². The first-order chi connectivity index (χ1) is 15.6. The number of methoxy groups -OCH3 is 2. The maximum absolute atomic E-state index is 13.1. The molecule has 1 saturated heterocycles. The number of likely N-dealkylation sites (tertiary alicyclic amines) is 1. The Kier molecular flexibility index (Phi) is 11.5. The van der Waals surface area contributed by atoms with E-state index in [-0.39, 0.29) is 59.2 Å². The number of rotatable bonds is 14. The molecule has 1 N–H and O–H groups in total. The zero-order valence-electron chi connectivity index (χ0n) is 22.9. The Labute approximate surface area is 206 Å². The van der Waals surface area contributed by atoms with Crippen LogP contribution in [0.1, 0.15) is 80.6 Å². The Morgan fingerprint density at radius 3 is 2.18 bits per heavy atom. The van der Waals surface area contributed by atoms with Gasteiger partial charge >= 0.3 is 5.97 Å². The van der Waals surface area contributed by atoms with Crippen LogP contribution in [0.25, 0.3) is 0 Å². The second kappa shape index (κ2) is 12.9. The average Bonchev–Trinajstić information content (AvgIpc) is 3.13. The molecule has 1 heterocycles. The Balaban J connectivity index is 2.54. The largest absolute Gasteiger partial charge is 0.456 e. The zero-order chi connectivity index (χ0) is 26.2. The molecule has 2 atom stereocenters. The van der Waals surface area contributed by atoms with Crippen molar-refractivity contribution in [3.05, 3.63) is 0 Å². The van der Waals surface area contributed by atoms with E-state index in [1.807, 2.05) is 25.7 Å². The van der Waals surface area contributed by atoms with Crippen LogP contribution in [0.4, 0.5) is 0 Å². The lowest BCUT2D eigenvalue weighted by Gasteiger charge is -2.36. The monoisotopic (exact) mass is 484 g/mol. The molecule has 2 amide bonds. The van der Waals surface area contributed by atoms with Crippen molar-refractivity contribution in [1.82, 2.24) is 10.2 Å². The highest BCUT2D eigenvalue weighted by atomic mass is 16.5. The van der Waals surface area contributed by atoms with E-state index in [1.54, 1.807) is 14.2 Å². The number of carbonyl (C=O) groups excluding carboxylic acids is 3. The van der Waals surface area contributed by atoms with Crippen molar-refractivity contribution in [2.75, 3.05) is 40.5 Å². The van der Waals surface area contributed by atoms with Crippen molar-refractivity contribution in [1.29, 1.82) is 0 Å². The first-order valence-electron chi connectivity index (χ1n) is 12.4. The summed E-state index contributed by atoms with van der Waals surface area (Å²) in [6.45, 7) is 15.6. The lowest BCUT2D eigenvalue weighted by Crippen LogP contribution is -2.42. The van der Waals surface area contributed by atoms with Crippen molar-refractivity contribution >= 4 is 17.8 Å². The van der Waals surface area contributed by atoms with Crippen LogP contribution >= 0.6 is 0 Å². The molecule has 2 unspecified atom stereocenters. The van der Waals surface area contributed by atoms with E-state index in [1.165, 1.54) is 0 Å². The van der Waals surface area contributed by atoms with Gasteiger partial charge in [0, 0.05) is 33.7 Å². The number of amides is 2. The number of esters is 1. The van der Waals surface area contributed by atoms with E-state index in [9.17, 15) is 14.4 Å². The van der Waals surface area contributed by atoms with Gasteiger partial charge in [-0.15, -0.1) is 0 Å². The standard InChI is InChI=1S/C26H48N2O6/c1-10-24(2,3)13-23(31)34-16-21(29)27-18-26(6,7)17-25(4,5)12-22(30)28-14-20(33-9)11-19(28)15-32-8/h19-20H,10-18H2,1-9H3,(H,27,29). The van der Waals surface area contributed by atoms with Gasteiger partial charge < -0.3 is 24.4 Å². The fourth-order valence-corrected chi connectivity index (χ4v) is 4.73. The maximum Gasteiger partial charge on any atom is 0.306 e. The Morgan fingerprint density at radius 2 is 1.62 bits per heavy atom. The molecular formula is C26H48N2O6. The summed E-state index contributed by atoms with van der Waals surface area (Å²) in [5.74, 6) is -0.562. The third-order valence-corrected chi connectivity index (χ3v) is 6.68. The molecule has 1 aliphatic heterocycles. The topological polar surface area (TPSA) is 94.2 Å². The lowest BCUT2D eigenvalue weighted by molar-refractivity contribution is -0.150. The van der Waals surface area contributed by atoms with Crippen molar-refractivity contribution in [2.45, 2.75) is 92.7 Å². The van der Waals surface area contributed by atoms with Gasteiger partial charge in [0.05, 0.1) is 25.2 Å². The summed E-state index contributed by atoms with van der Waals surface area (Å²) in [6.07, 6.45) is 3.13. The molecule has 0 aromatic rings. The van der Waals surface area contributed by atoms with Gasteiger partial charge in [0.25, 0.3) is 5.91 Å². The SMILES string of the molecule is CCC(C)(C)CC(=O)OCC(=O)NCC(C)(C)CC(C)(C)CC(=O)N1CC(OC)CC1COC. The summed E-state index contributed by atoms with van der Waals surface area (Å²) < 4.78 is 15.9. The first kappa shape index (κ1) is 30.4. The number of nitrogens with one attached hydrogen (secondary N) is 1. The summed E-state index contributed by atoms with van der Waals surface area (Å²) in [5.41, 5.74) is -0.631. The van der Waals surface area contributed by atoms with Gasteiger partial charge in [0.2, 0.25) is 5.91 Å². The molecule has 0 radical (unpaired) electrons. The summed E-state index contributed by atoms with van der Waals surface area (Å²) in [5, 5.41) is 2.88. The Morgan fingerprint density at radius 1 is 0.971 bits per heavy atom. The highest BCUT2D eigenvalue weighted by molar-refractivity contribution is 5.80. The third-order valence-electron chi connectivity index (χ3n) is 6.68. The molecule has 0 aromatic heterocycles. The van der Waals surface area contributed by atoms with Crippen LogP contribution in [-0.2, 0) is 28.6 Å². The molecule has 1 rings (SSSR count). The predicted octanol–water partition coefficient (Wildman–Crippen LogP) is 3.57. The number of carbonyl (C=O) groups is 3. The number of nitrogens with zero attached hydrogens (tertiary/aromatic N) is 1. The van der Waals surface area contributed by atoms with Gasteiger partial charge in [-0.05, 0) is 29.1 Å². The van der Waals surface area contributed by atoms with Crippen molar-refractivity contribution in [3.8, 4) is 0 Å². The van der Waals surface area contributed by atoms with E-state index in [4.69, 9.17) is 14.2 Å². The van der Waals surface area contributed by atoms with Gasteiger partial charge in [0.1, 0.15) is 0 Å². The van der Waals surface area contributed by atoms with E-state index in [2.05, 4.69) is 33.0 Å². The molecule has 0 aliphatic carbocycles. The minimum Gasteiger partial charge on any atom is -0.456 e. The van der Waals surface area contributed by atoms with Crippen molar-refractivity contribution < 1.29 is 28.6 Å². The third kappa shape index (κ3) is 10.7. The molecule has 0 bridgehead atoms. The second-order valence-electron chi connectivity index (χ2n) is 12.1. The average molecular weight is 485 g/mol. The first-order valence-corrected chi connectivity index (χ1v) is 12.4. The van der Waals surface area contributed by atoms with Crippen LogP contribution in [0.15, 0.2) is 0 Å². The smallest absolute Gasteiger partial charge is 0.306 e. The van der Waals surface area contributed by atoms with Gasteiger partial charge in [-0.2, -0.15) is 0 Å². The Hall–Kier alpha value is -1.67. The highest BCUT2D eigenvalue weighted by Gasteiger charge is 2.38. The molecule has 1 fully saturated rings. The van der Waals surface area contributed by atoms with Crippen LogP contribution in [0.2, 0.25) is 0 Å². The van der Waals surface area contributed by atoms with Crippen LogP contribution in [0, 0.1) is 16.2 Å². The fourth-order valence-electron chi connectivity index (χ4n) is 4.73. The molecule has 34 heavy (non-hydrogen) atoms. The van der Waals surface area contributed by atoms with E-state index >= 15 is 0 Å². The van der Waals surface area contributed by atoms with Gasteiger partial charge in [-0.25, -0.2) is 0 Å². The number of hydrogen-bond acceptors (Lipinski definition) is 6. The van der Waals surface area contributed by atoms with Crippen LogP contribution in [-0.4, -0.2) is 75.4 Å². The van der Waals surface area contributed by atoms with Crippen LogP contribution < -0.4 is 5.32 Å². The van der Waals surface area contributed by atoms with Gasteiger partial charge in [-0.3, -0.25) is 14.4 Å². The van der Waals surface area contributed by atoms with E-state index in [0.717, 1.165) is 19.3 Å². The summed E-state index contributed by atoms with van der Waals surface area (Å²) in [4.78, 5) is 39.2. The molecule has 198 valence electrons. The van der Waals surface area contributed by atoms with E-state index < -0.39 is 0 Å². The fraction of sp³-hybridized carbons (Fsp3) is 0.885. The maximum atomic E-state index is 13.1. The highest BCUT2D eigenvalue weighted by Crippen LogP contribution is 2.37. The van der Waals surface area contributed by atoms with Crippen molar-refractivity contribution in [2.24, 2.45) is 16.2 Å². The number of ether oxygens (including phenoxy) is 3. The van der Waals surface area contributed by atoms with E-state index in [0.29, 0.717) is 26.1 Å². The molecule has 8 heteroatoms. The van der Waals surface area contributed by atoms with Gasteiger partial charge in [0.15, 0.2) is 6.61 Å². The predicted molar refractivity (Wildman–Crippen MR) is 132 cm³/mol. The second-order valence-corrected chi connectivity index (χ2v) is 12.1. The van der Waals surface area contributed by atoms with Gasteiger partial charge in [-0.1, -0.05) is 54.9 Å². The quantitative estimate of drug-likeness (QED) is 0.379. The summed E-state index contributed by atoms with van der Waals surface area (Å²) >= 11 is 0. The molecular weight excluding hydrogens is 436 g/mol. The summed E-state index contributed by atoms with van der Waals surface area (Å²) in [7, 11) is 3.33. The normalized spacial score (nSPS) is 19.3. The minimum absolute atomic E-state index is 0.0381. The molecule has 8 nitrogen and oxygen atoms in total. The molecule has 0 saturated carbocycles. The molecule has 0 aromatic carbocycles. The van der Waals surface area contributed by atoms with Crippen molar-refractivity contribution in [3.63, 3.8) is 0 Å². The molecule has 1 aliphatic rings. The summed E-state index contributed by atoms with van der Waals surface area (Å²) in [6, 6.07) is 0.0381. The Bertz CT molecular complexity index is 689. The molecule has 0 spiro atoms.